The van der Waals surface area contributed by atoms with Crippen LogP contribution < -0.4 is 5.32 Å². The summed E-state index contributed by atoms with van der Waals surface area (Å²) in [5.74, 6) is -0.799. The van der Waals surface area contributed by atoms with E-state index in [4.69, 9.17) is 9.15 Å². The summed E-state index contributed by atoms with van der Waals surface area (Å²) >= 11 is 0. The van der Waals surface area contributed by atoms with Crippen molar-refractivity contribution in [2.75, 3.05) is 0 Å². The third-order valence-electron chi connectivity index (χ3n) is 2.33. The molecule has 0 aliphatic heterocycles. The molecule has 1 aliphatic carbocycles. The van der Waals surface area contributed by atoms with E-state index in [0.29, 0.717) is 5.56 Å². The molecule has 5 heteroatoms. The molecule has 1 saturated carbocycles. The number of carbonyl (C=O) groups excluding carboxylic acids is 2. The summed E-state index contributed by atoms with van der Waals surface area (Å²) in [6, 6.07) is 1.76. The molecular weight excluding hydrogens is 210 g/mol. The Balaban J connectivity index is 1.83. The van der Waals surface area contributed by atoms with E-state index in [2.05, 4.69) is 5.32 Å². The quantitative estimate of drug-likeness (QED) is 0.776. The van der Waals surface area contributed by atoms with Crippen molar-refractivity contribution in [2.45, 2.75) is 31.9 Å². The van der Waals surface area contributed by atoms with Crippen LogP contribution in [0.1, 0.15) is 30.1 Å². The van der Waals surface area contributed by atoms with Crippen molar-refractivity contribution in [3.8, 4) is 0 Å². The molecule has 1 aliphatic rings. The van der Waals surface area contributed by atoms with Gasteiger partial charge in [-0.15, -0.1) is 0 Å². The molecule has 86 valence electrons. The van der Waals surface area contributed by atoms with Gasteiger partial charge in [-0.2, -0.15) is 0 Å². The van der Waals surface area contributed by atoms with Gasteiger partial charge in [0.05, 0.1) is 11.8 Å². The first-order chi connectivity index (χ1) is 7.66. The molecule has 16 heavy (non-hydrogen) atoms. The second kappa shape index (κ2) is 4.38. The average molecular weight is 223 g/mol. The second-order valence-corrected chi connectivity index (χ2v) is 3.84. The van der Waals surface area contributed by atoms with Gasteiger partial charge in [-0.1, -0.05) is 0 Å². The Morgan fingerprint density at radius 2 is 2.31 bits per heavy atom. The molecule has 1 N–H and O–H groups in total. The second-order valence-electron chi connectivity index (χ2n) is 3.84. The van der Waals surface area contributed by atoms with Gasteiger partial charge in [-0.25, -0.2) is 4.79 Å². The number of esters is 1. The minimum Gasteiger partial charge on any atom is -0.472 e. The van der Waals surface area contributed by atoms with Crippen molar-refractivity contribution in [3.63, 3.8) is 0 Å². The van der Waals surface area contributed by atoms with E-state index in [-0.39, 0.29) is 11.9 Å². The number of hydrogen-bond donors (Lipinski definition) is 1. The van der Waals surface area contributed by atoms with E-state index in [1.54, 1.807) is 6.92 Å². The summed E-state index contributed by atoms with van der Waals surface area (Å²) in [6.07, 6.45) is 3.91. The fourth-order valence-corrected chi connectivity index (χ4v) is 1.21. The van der Waals surface area contributed by atoms with Crippen LogP contribution in [-0.2, 0) is 9.53 Å². The Bertz CT molecular complexity index is 381. The third kappa shape index (κ3) is 2.62. The van der Waals surface area contributed by atoms with Crippen LogP contribution in [0.3, 0.4) is 0 Å². The van der Waals surface area contributed by atoms with E-state index >= 15 is 0 Å². The van der Waals surface area contributed by atoms with Crippen molar-refractivity contribution >= 4 is 11.9 Å². The Labute approximate surface area is 92.8 Å². The predicted octanol–water partition coefficient (Wildman–Crippen LogP) is 1.10. The number of carbonyl (C=O) groups is 2. The molecule has 1 unspecified atom stereocenters. The molecule has 1 heterocycles. The highest BCUT2D eigenvalue weighted by Crippen LogP contribution is 2.18. The Kier molecular flexibility index (Phi) is 2.94. The highest BCUT2D eigenvalue weighted by molar-refractivity contribution is 5.91. The zero-order valence-corrected chi connectivity index (χ0v) is 8.93. The molecule has 0 saturated heterocycles. The van der Waals surface area contributed by atoms with Crippen molar-refractivity contribution in [1.29, 1.82) is 0 Å². The zero-order chi connectivity index (χ0) is 11.5. The Hall–Kier alpha value is -1.78. The Morgan fingerprint density at radius 3 is 2.88 bits per heavy atom. The predicted molar refractivity (Wildman–Crippen MR) is 54.8 cm³/mol. The van der Waals surface area contributed by atoms with Crippen LogP contribution in [0.15, 0.2) is 23.0 Å². The number of furan rings is 1. The van der Waals surface area contributed by atoms with Gasteiger partial charge in [0.15, 0.2) is 6.10 Å². The summed E-state index contributed by atoms with van der Waals surface area (Å²) in [7, 11) is 0. The molecule has 1 aromatic rings. The molecule has 1 aromatic heterocycles. The van der Waals surface area contributed by atoms with E-state index in [0.717, 1.165) is 12.8 Å². The summed E-state index contributed by atoms with van der Waals surface area (Å²) < 4.78 is 9.73. The summed E-state index contributed by atoms with van der Waals surface area (Å²) in [6.45, 7) is 1.55. The van der Waals surface area contributed by atoms with Gasteiger partial charge in [-0.05, 0) is 25.8 Å². The van der Waals surface area contributed by atoms with E-state index < -0.39 is 12.1 Å². The number of hydrogen-bond acceptors (Lipinski definition) is 4. The topological polar surface area (TPSA) is 68.5 Å². The highest BCUT2D eigenvalue weighted by Gasteiger charge is 2.27. The first-order valence-electron chi connectivity index (χ1n) is 5.20. The van der Waals surface area contributed by atoms with Crippen LogP contribution in [0.4, 0.5) is 0 Å². The first kappa shape index (κ1) is 10.7. The maximum absolute atomic E-state index is 11.5. The maximum Gasteiger partial charge on any atom is 0.342 e. The summed E-state index contributed by atoms with van der Waals surface area (Å²) in [5.41, 5.74) is 0.311. The smallest absolute Gasteiger partial charge is 0.342 e. The van der Waals surface area contributed by atoms with Crippen LogP contribution in [0.25, 0.3) is 0 Å². The van der Waals surface area contributed by atoms with E-state index in [1.807, 2.05) is 0 Å². The van der Waals surface area contributed by atoms with Gasteiger partial charge in [0.1, 0.15) is 6.26 Å². The molecule has 0 bridgehead atoms. The molecule has 5 nitrogen and oxygen atoms in total. The van der Waals surface area contributed by atoms with Crippen LogP contribution in [0.2, 0.25) is 0 Å². The standard InChI is InChI=1S/C11H13NO4/c1-7(10(13)12-9-2-3-9)16-11(14)8-4-5-15-6-8/h4-7,9H,2-3H2,1H3,(H,12,13). The van der Waals surface area contributed by atoms with Crippen LogP contribution in [0, 0.1) is 0 Å². The fourth-order valence-electron chi connectivity index (χ4n) is 1.21. The molecule has 1 fully saturated rings. The normalized spacial score (nSPS) is 16.6. The number of nitrogens with one attached hydrogen (secondary N) is 1. The van der Waals surface area contributed by atoms with Gasteiger partial charge in [0.2, 0.25) is 0 Å². The largest absolute Gasteiger partial charge is 0.472 e. The van der Waals surface area contributed by atoms with E-state index in [1.165, 1.54) is 18.6 Å². The fraction of sp³-hybridized carbons (Fsp3) is 0.455. The minimum atomic E-state index is -0.775. The molecule has 0 aromatic carbocycles. The third-order valence-corrected chi connectivity index (χ3v) is 2.33. The lowest BCUT2D eigenvalue weighted by Crippen LogP contribution is -2.37. The molecular formula is C11H13NO4. The zero-order valence-electron chi connectivity index (χ0n) is 8.93. The SMILES string of the molecule is CC(OC(=O)c1ccoc1)C(=O)NC1CC1. The number of ether oxygens (including phenoxy) is 1. The van der Waals surface area contributed by atoms with Gasteiger partial charge in [0.25, 0.3) is 5.91 Å². The maximum atomic E-state index is 11.5. The monoisotopic (exact) mass is 223 g/mol. The molecule has 2 rings (SSSR count). The number of rotatable bonds is 4. The summed E-state index contributed by atoms with van der Waals surface area (Å²) in [5, 5.41) is 2.76. The molecule has 0 spiro atoms. The van der Waals surface area contributed by atoms with Crippen molar-refractivity contribution in [1.82, 2.24) is 5.32 Å². The minimum absolute atomic E-state index is 0.251. The van der Waals surface area contributed by atoms with E-state index in [9.17, 15) is 9.59 Å². The van der Waals surface area contributed by atoms with Gasteiger partial charge >= 0.3 is 5.97 Å². The van der Waals surface area contributed by atoms with Gasteiger partial charge < -0.3 is 14.5 Å². The molecule has 1 amide bonds. The lowest BCUT2D eigenvalue weighted by molar-refractivity contribution is -0.129. The summed E-state index contributed by atoms with van der Waals surface area (Å²) in [4.78, 5) is 22.9. The van der Waals surface area contributed by atoms with Gasteiger partial charge in [-0.3, -0.25) is 4.79 Å². The highest BCUT2D eigenvalue weighted by atomic mass is 16.5. The van der Waals surface area contributed by atoms with Crippen LogP contribution >= 0.6 is 0 Å². The Morgan fingerprint density at radius 1 is 1.56 bits per heavy atom. The van der Waals surface area contributed by atoms with Gasteiger partial charge in [0, 0.05) is 6.04 Å². The number of amides is 1. The lowest BCUT2D eigenvalue weighted by atomic mass is 10.3. The average Bonchev–Trinajstić information content (AvgIpc) is 2.89. The molecule has 1 atom stereocenters. The van der Waals surface area contributed by atoms with Crippen molar-refractivity contribution in [3.05, 3.63) is 24.2 Å². The first-order valence-corrected chi connectivity index (χ1v) is 5.20. The van der Waals surface area contributed by atoms with Crippen LogP contribution in [-0.4, -0.2) is 24.0 Å². The lowest BCUT2D eigenvalue weighted by Gasteiger charge is -2.12. The van der Waals surface area contributed by atoms with Crippen LogP contribution in [0.5, 0.6) is 0 Å². The van der Waals surface area contributed by atoms with Crippen molar-refractivity contribution in [2.24, 2.45) is 0 Å². The molecule has 0 radical (unpaired) electrons. The van der Waals surface area contributed by atoms with Crippen molar-refractivity contribution < 1.29 is 18.7 Å².